The molecule has 0 amide bonds. The Morgan fingerprint density at radius 2 is 2.20 bits per heavy atom. The zero-order valence-electron chi connectivity index (χ0n) is 9.77. The van der Waals surface area contributed by atoms with Crippen molar-refractivity contribution in [3.63, 3.8) is 0 Å². The van der Waals surface area contributed by atoms with E-state index in [0.29, 0.717) is 4.57 Å². The summed E-state index contributed by atoms with van der Waals surface area (Å²) < 4.78 is 34.0. The number of aliphatic hydroxyl groups is 2. The van der Waals surface area contributed by atoms with E-state index in [2.05, 4.69) is 15.9 Å². The molecular weight excluding hydrogens is 346 g/mol. The molecule has 3 rings (SSSR count). The van der Waals surface area contributed by atoms with Crippen LogP contribution in [-0.4, -0.2) is 44.0 Å². The fourth-order valence-corrected chi connectivity index (χ4v) is 2.89. The lowest BCUT2D eigenvalue weighted by molar-refractivity contribution is -0.236. The quantitative estimate of drug-likeness (QED) is 0.639. The summed E-state index contributed by atoms with van der Waals surface area (Å²) in [6, 6.07) is 0. The van der Waals surface area contributed by atoms with Crippen LogP contribution in [0.15, 0.2) is 20.3 Å². The first-order valence-electron chi connectivity index (χ1n) is 5.59. The Morgan fingerprint density at radius 3 is 2.75 bits per heavy atom. The van der Waals surface area contributed by atoms with Crippen LogP contribution in [0.25, 0.3) is 0 Å². The second kappa shape index (κ2) is 3.75. The summed E-state index contributed by atoms with van der Waals surface area (Å²) in [4.78, 5) is 24.9. The molecule has 10 heteroatoms. The van der Waals surface area contributed by atoms with Gasteiger partial charge in [0.2, 0.25) is 0 Å². The van der Waals surface area contributed by atoms with E-state index >= 15 is 0 Å². The summed E-state index contributed by atoms with van der Waals surface area (Å²) in [6.45, 7) is -1.26. The van der Waals surface area contributed by atoms with Crippen molar-refractivity contribution < 1.29 is 23.7 Å². The van der Waals surface area contributed by atoms with Crippen LogP contribution < -0.4 is 11.2 Å². The summed E-state index contributed by atoms with van der Waals surface area (Å²) in [5.74, 6) is -3.00. The van der Waals surface area contributed by atoms with E-state index < -0.39 is 47.6 Å². The van der Waals surface area contributed by atoms with Crippen molar-refractivity contribution in [3.8, 4) is 0 Å². The number of hydrogen-bond donors (Lipinski definition) is 3. The standard InChI is InChI=1S/C10H9BrF2N2O5/c11-4-1-15(7(19)14-5(4)17)10-2-8(10,12)6(18)9(13,3-16)20-10/h1,6,16,18H,2-3H2,(H,14,17,19)/t6-,8+,9+,10+/m0/s1. The summed E-state index contributed by atoms with van der Waals surface area (Å²) in [6.07, 6.45) is -1.75. The lowest BCUT2D eigenvalue weighted by atomic mass is 10.1. The highest BCUT2D eigenvalue weighted by Crippen LogP contribution is 2.68. The van der Waals surface area contributed by atoms with Gasteiger partial charge in [-0.05, 0) is 15.9 Å². The van der Waals surface area contributed by atoms with Crippen LogP contribution in [0, 0.1) is 0 Å². The second-order valence-electron chi connectivity index (χ2n) is 4.88. The van der Waals surface area contributed by atoms with Gasteiger partial charge in [0.05, 0.1) is 4.47 Å². The first kappa shape index (κ1) is 13.9. The Bertz CT molecular complexity index is 708. The minimum atomic E-state index is -3.00. The summed E-state index contributed by atoms with van der Waals surface area (Å²) in [5.41, 5.74) is -6.37. The van der Waals surface area contributed by atoms with Crippen molar-refractivity contribution in [1.82, 2.24) is 9.55 Å². The Balaban J connectivity index is 2.16. The molecule has 0 radical (unpaired) electrons. The molecule has 110 valence electrons. The van der Waals surface area contributed by atoms with Gasteiger partial charge < -0.3 is 14.9 Å². The molecule has 1 aromatic heterocycles. The number of aromatic amines is 1. The van der Waals surface area contributed by atoms with Crippen LogP contribution in [0.3, 0.4) is 0 Å². The highest BCUT2D eigenvalue weighted by Gasteiger charge is 2.87. The van der Waals surface area contributed by atoms with Crippen molar-refractivity contribution in [2.24, 2.45) is 0 Å². The van der Waals surface area contributed by atoms with Crippen LogP contribution >= 0.6 is 15.9 Å². The van der Waals surface area contributed by atoms with Gasteiger partial charge in [-0.3, -0.25) is 14.3 Å². The predicted octanol–water partition coefficient (Wildman–Crippen LogP) is -0.887. The summed E-state index contributed by atoms with van der Waals surface area (Å²) in [7, 11) is 0. The van der Waals surface area contributed by atoms with Crippen molar-refractivity contribution in [2.45, 2.75) is 29.8 Å². The lowest BCUT2D eigenvalue weighted by Gasteiger charge is -2.25. The summed E-state index contributed by atoms with van der Waals surface area (Å²) in [5, 5.41) is 18.5. The Kier molecular flexibility index (Phi) is 2.60. The van der Waals surface area contributed by atoms with E-state index in [-0.39, 0.29) is 4.47 Å². The van der Waals surface area contributed by atoms with E-state index in [4.69, 9.17) is 9.84 Å². The van der Waals surface area contributed by atoms with Gasteiger partial charge >= 0.3 is 5.69 Å². The first-order chi connectivity index (χ1) is 9.20. The van der Waals surface area contributed by atoms with Crippen LogP contribution in [0.4, 0.5) is 8.78 Å². The van der Waals surface area contributed by atoms with E-state index in [1.165, 1.54) is 0 Å². The summed E-state index contributed by atoms with van der Waals surface area (Å²) >= 11 is 2.86. The van der Waals surface area contributed by atoms with Gasteiger partial charge in [-0.1, -0.05) is 0 Å². The average molecular weight is 355 g/mol. The van der Waals surface area contributed by atoms with Gasteiger partial charge in [0.25, 0.3) is 11.4 Å². The topological polar surface area (TPSA) is 105 Å². The molecule has 2 fully saturated rings. The maximum atomic E-state index is 14.5. The molecule has 7 nitrogen and oxygen atoms in total. The van der Waals surface area contributed by atoms with Gasteiger partial charge in [0.1, 0.15) is 6.61 Å². The Hall–Kier alpha value is -1.10. The zero-order valence-corrected chi connectivity index (χ0v) is 11.4. The third kappa shape index (κ3) is 1.42. The smallest absolute Gasteiger partial charge is 0.330 e. The lowest BCUT2D eigenvalue weighted by Crippen LogP contribution is -2.45. The number of alkyl halides is 2. The molecule has 3 N–H and O–H groups in total. The van der Waals surface area contributed by atoms with Crippen LogP contribution in [0.2, 0.25) is 0 Å². The number of aliphatic hydroxyl groups excluding tert-OH is 2. The predicted molar refractivity (Wildman–Crippen MR) is 63.5 cm³/mol. The van der Waals surface area contributed by atoms with Gasteiger partial charge in [-0.15, -0.1) is 0 Å². The van der Waals surface area contributed by atoms with Crippen LogP contribution in [-0.2, 0) is 10.5 Å². The molecule has 1 aromatic rings. The number of halogens is 3. The SMILES string of the molecule is O=c1[nH]c(=O)n([C@@]23C[C@@]2(F)[C@H](O)[C@@](F)(CO)O3)cc1Br. The normalized spacial score (nSPS) is 42.5. The van der Waals surface area contributed by atoms with E-state index in [1.807, 2.05) is 4.98 Å². The first-order valence-corrected chi connectivity index (χ1v) is 6.38. The minimum Gasteiger partial charge on any atom is -0.390 e. The highest BCUT2D eigenvalue weighted by molar-refractivity contribution is 9.10. The monoisotopic (exact) mass is 354 g/mol. The van der Waals surface area contributed by atoms with Crippen molar-refractivity contribution in [2.75, 3.05) is 6.61 Å². The van der Waals surface area contributed by atoms with Gasteiger partial charge in [-0.25, -0.2) is 13.6 Å². The van der Waals surface area contributed by atoms with Gasteiger partial charge in [0, 0.05) is 12.6 Å². The number of ether oxygens (including phenoxy) is 1. The molecule has 2 heterocycles. The van der Waals surface area contributed by atoms with Crippen molar-refractivity contribution >= 4 is 15.9 Å². The Labute approximate surface area is 117 Å². The van der Waals surface area contributed by atoms with E-state index in [1.54, 1.807) is 0 Å². The van der Waals surface area contributed by atoms with Crippen LogP contribution in [0.1, 0.15) is 6.42 Å². The number of rotatable bonds is 2. The average Bonchev–Trinajstić information content (AvgIpc) is 2.94. The molecular formula is C10H9BrF2N2O5. The molecule has 0 aromatic carbocycles. The third-order valence-corrected chi connectivity index (χ3v) is 4.27. The molecule has 0 bridgehead atoms. The van der Waals surface area contributed by atoms with Crippen LogP contribution in [0.5, 0.6) is 0 Å². The molecule has 1 saturated carbocycles. The fourth-order valence-electron chi connectivity index (χ4n) is 2.58. The van der Waals surface area contributed by atoms with Crippen molar-refractivity contribution in [1.29, 1.82) is 0 Å². The maximum Gasteiger partial charge on any atom is 0.330 e. The number of nitrogens with one attached hydrogen (secondary N) is 1. The number of H-pyrrole nitrogens is 1. The Morgan fingerprint density at radius 1 is 1.55 bits per heavy atom. The van der Waals surface area contributed by atoms with E-state index in [9.17, 15) is 23.5 Å². The molecule has 1 aliphatic heterocycles. The van der Waals surface area contributed by atoms with Crippen molar-refractivity contribution in [3.05, 3.63) is 31.5 Å². The number of aromatic nitrogens is 2. The zero-order chi connectivity index (χ0) is 14.9. The molecule has 4 atom stereocenters. The number of nitrogens with zero attached hydrogens (tertiary/aromatic N) is 1. The molecule has 20 heavy (non-hydrogen) atoms. The maximum absolute atomic E-state index is 14.5. The molecule has 0 spiro atoms. The van der Waals surface area contributed by atoms with E-state index in [0.717, 1.165) is 6.20 Å². The second-order valence-corrected chi connectivity index (χ2v) is 5.73. The molecule has 2 aliphatic rings. The highest BCUT2D eigenvalue weighted by atomic mass is 79.9. The fraction of sp³-hybridized carbons (Fsp3) is 0.600. The third-order valence-electron chi connectivity index (χ3n) is 3.70. The van der Waals surface area contributed by atoms with Gasteiger partial charge in [0.15, 0.2) is 17.5 Å². The van der Waals surface area contributed by atoms with Gasteiger partial charge in [-0.2, -0.15) is 0 Å². The number of hydrogen-bond acceptors (Lipinski definition) is 5. The largest absolute Gasteiger partial charge is 0.390 e. The number of fused-ring (bicyclic) bond motifs is 1. The molecule has 1 saturated heterocycles. The minimum absolute atomic E-state index is 0.0841. The molecule has 1 aliphatic carbocycles. The molecule has 0 unspecified atom stereocenters.